The highest BCUT2D eigenvalue weighted by atomic mass is 32.1. The molecule has 0 aliphatic heterocycles. The van der Waals surface area contributed by atoms with Crippen molar-refractivity contribution in [3.63, 3.8) is 0 Å². The molecule has 0 spiro atoms. The number of thiol groups is 2. The average molecular weight is 218 g/mol. The van der Waals surface area contributed by atoms with E-state index in [1.165, 1.54) is 6.26 Å². The van der Waals surface area contributed by atoms with E-state index in [1.54, 1.807) is 12.1 Å². The minimum atomic E-state index is -0.474. The third-order valence-corrected chi connectivity index (χ3v) is 2.22. The summed E-state index contributed by atoms with van der Waals surface area (Å²) in [7, 11) is 0. The van der Waals surface area contributed by atoms with Gasteiger partial charge in [0.1, 0.15) is 6.10 Å². The molecule has 1 aromatic heterocycles. The lowest BCUT2D eigenvalue weighted by Gasteiger charge is -2.11. The molecule has 0 unspecified atom stereocenters. The molecule has 0 aliphatic carbocycles. The predicted octanol–water partition coefficient (Wildman–Crippen LogP) is 1.66. The number of carbonyl (C=O) groups is 1. The second-order valence-corrected chi connectivity index (χ2v) is 3.10. The van der Waals surface area contributed by atoms with Crippen molar-refractivity contribution in [2.75, 3.05) is 11.5 Å². The van der Waals surface area contributed by atoms with Crippen LogP contribution in [0.5, 0.6) is 0 Å². The average Bonchev–Trinajstić information content (AvgIpc) is 2.66. The van der Waals surface area contributed by atoms with Gasteiger partial charge in [0.15, 0.2) is 0 Å². The van der Waals surface area contributed by atoms with Gasteiger partial charge in [0.2, 0.25) is 5.76 Å². The van der Waals surface area contributed by atoms with Crippen molar-refractivity contribution in [2.24, 2.45) is 0 Å². The van der Waals surface area contributed by atoms with Crippen LogP contribution in [0.4, 0.5) is 0 Å². The summed E-state index contributed by atoms with van der Waals surface area (Å²) in [5.74, 6) is 0.637. The van der Waals surface area contributed by atoms with Gasteiger partial charge in [0.05, 0.1) is 6.26 Å². The van der Waals surface area contributed by atoms with E-state index in [4.69, 9.17) is 9.15 Å². The molecule has 0 aliphatic rings. The highest BCUT2D eigenvalue weighted by Gasteiger charge is 2.15. The Bertz CT molecular complexity index is 254. The molecular formula is C8H10O3S2. The first-order valence-electron chi connectivity index (χ1n) is 3.74. The van der Waals surface area contributed by atoms with E-state index in [-0.39, 0.29) is 11.9 Å². The van der Waals surface area contributed by atoms with E-state index in [0.717, 1.165) is 0 Å². The van der Waals surface area contributed by atoms with Crippen LogP contribution >= 0.6 is 25.3 Å². The lowest BCUT2D eigenvalue weighted by Crippen LogP contribution is -2.21. The molecule has 0 bridgehead atoms. The molecule has 0 radical (unpaired) electrons. The maximum Gasteiger partial charge on any atom is 0.374 e. The van der Waals surface area contributed by atoms with Gasteiger partial charge in [-0.25, -0.2) is 4.79 Å². The van der Waals surface area contributed by atoms with Crippen molar-refractivity contribution in [1.29, 1.82) is 0 Å². The molecule has 1 rings (SSSR count). The quantitative estimate of drug-likeness (QED) is 0.596. The maximum atomic E-state index is 11.3. The van der Waals surface area contributed by atoms with Gasteiger partial charge < -0.3 is 9.15 Å². The Labute approximate surface area is 87.3 Å². The Morgan fingerprint density at radius 3 is 2.69 bits per heavy atom. The fraction of sp³-hybridized carbons (Fsp3) is 0.375. The molecule has 5 heteroatoms. The molecule has 0 amide bonds. The Morgan fingerprint density at radius 1 is 1.54 bits per heavy atom. The van der Waals surface area contributed by atoms with E-state index in [1.807, 2.05) is 0 Å². The first-order valence-corrected chi connectivity index (χ1v) is 5.00. The first-order chi connectivity index (χ1) is 6.27. The molecular weight excluding hydrogens is 208 g/mol. The van der Waals surface area contributed by atoms with Crippen LogP contribution in [0, 0.1) is 0 Å². The zero-order valence-corrected chi connectivity index (χ0v) is 8.63. The van der Waals surface area contributed by atoms with Crippen molar-refractivity contribution in [3.05, 3.63) is 24.2 Å². The summed E-state index contributed by atoms with van der Waals surface area (Å²) < 4.78 is 9.87. The van der Waals surface area contributed by atoms with Crippen LogP contribution < -0.4 is 0 Å². The van der Waals surface area contributed by atoms with Gasteiger partial charge in [-0.3, -0.25) is 0 Å². The third-order valence-electron chi connectivity index (χ3n) is 1.40. The Morgan fingerprint density at radius 2 is 2.23 bits per heavy atom. The molecule has 3 nitrogen and oxygen atoms in total. The van der Waals surface area contributed by atoms with Crippen LogP contribution in [0.1, 0.15) is 10.6 Å². The normalized spacial score (nSPS) is 10.4. The largest absolute Gasteiger partial charge is 0.457 e. The number of hydrogen-bond donors (Lipinski definition) is 2. The summed E-state index contributed by atoms with van der Waals surface area (Å²) in [5.41, 5.74) is 0. The standard InChI is InChI=1S/C8H10O3S2/c9-8(7-2-1-3-10-7)11-6(4-12)5-13/h1-3,6,12-13H,4-5H2. The van der Waals surface area contributed by atoms with Crippen LogP contribution in [-0.4, -0.2) is 23.6 Å². The van der Waals surface area contributed by atoms with Crippen molar-refractivity contribution in [2.45, 2.75) is 6.10 Å². The third kappa shape index (κ3) is 3.00. The zero-order valence-electron chi connectivity index (χ0n) is 6.84. The lowest BCUT2D eigenvalue weighted by atomic mass is 10.4. The number of ether oxygens (including phenoxy) is 1. The topological polar surface area (TPSA) is 39.4 Å². The van der Waals surface area contributed by atoms with Gasteiger partial charge in [-0.2, -0.15) is 25.3 Å². The maximum absolute atomic E-state index is 11.3. The van der Waals surface area contributed by atoms with Crippen LogP contribution in [-0.2, 0) is 4.74 Å². The van der Waals surface area contributed by atoms with E-state index >= 15 is 0 Å². The van der Waals surface area contributed by atoms with Crippen LogP contribution in [0.2, 0.25) is 0 Å². The highest BCUT2D eigenvalue weighted by Crippen LogP contribution is 2.06. The van der Waals surface area contributed by atoms with E-state index in [2.05, 4.69) is 25.3 Å². The van der Waals surface area contributed by atoms with E-state index < -0.39 is 5.97 Å². The summed E-state index contributed by atoms with van der Waals surface area (Å²) in [6, 6.07) is 3.18. The fourth-order valence-corrected chi connectivity index (χ4v) is 1.35. The Kier molecular flexibility index (Phi) is 4.24. The summed E-state index contributed by atoms with van der Waals surface area (Å²) in [6.07, 6.45) is 1.15. The first kappa shape index (κ1) is 10.5. The zero-order chi connectivity index (χ0) is 9.68. The van der Waals surface area contributed by atoms with Gasteiger partial charge in [0, 0.05) is 11.5 Å². The predicted molar refractivity (Wildman–Crippen MR) is 55.6 cm³/mol. The molecule has 0 aromatic carbocycles. The van der Waals surface area contributed by atoms with Crippen LogP contribution in [0.25, 0.3) is 0 Å². The van der Waals surface area contributed by atoms with Crippen LogP contribution in [0.15, 0.2) is 22.8 Å². The van der Waals surface area contributed by atoms with Gasteiger partial charge in [-0.15, -0.1) is 0 Å². The van der Waals surface area contributed by atoms with E-state index in [0.29, 0.717) is 11.5 Å². The summed E-state index contributed by atoms with van der Waals surface area (Å²) >= 11 is 8.02. The molecule has 1 heterocycles. The molecule has 0 N–H and O–H groups in total. The van der Waals surface area contributed by atoms with Crippen LogP contribution in [0.3, 0.4) is 0 Å². The highest BCUT2D eigenvalue weighted by molar-refractivity contribution is 7.81. The second-order valence-electron chi connectivity index (χ2n) is 2.37. The molecule has 13 heavy (non-hydrogen) atoms. The van der Waals surface area contributed by atoms with Crippen molar-refractivity contribution in [3.8, 4) is 0 Å². The number of furan rings is 1. The monoisotopic (exact) mass is 218 g/mol. The van der Waals surface area contributed by atoms with Crippen molar-refractivity contribution < 1.29 is 13.9 Å². The Hall–Kier alpha value is -0.550. The smallest absolute Gasteiger partial charge is 0.374 e. The van der Waals surface area contributed by atoms with Gasteiger partial charge in [-0.1, -0.05) is 0 Å². The number of hydrogen-bond acceptors (Lipinski definition) is 5. The number of carbonyl (C=O) groups excluding carboxylic acids is 1. The SMILES string of the molecule is O=C(OC(CS)CS)c1ccco1. The number of rotatable bonds is 4. The summed E-state index contributed by atoms with van der Waals surface area (Å²) in [5, 5.41) is 0. The molecule has 1 aromatic rings. The second kappa shape index (κ2) is 5.24. The number of esters is 1. The molecule has 72 valence electrons. The van der Waals surface area contributed by atoms with Gasteiger partial charge in [-0.05, 0) is 12.1 Å². The summed E-state index contributed by atoms with van der Waals surface area (Å²) in [4.78, 5) is 11.3. The summed E-state index contributed by atoms with van der Waals surface area (Å²) in [6.45, 7) is 0. The van der Waals surface area contributed by atoms with Gasteiger partial charge in [0.25, 0.3) is 0 Å². The Balaban J connectivity index is 2.50. The van der Waals surface area contributed by atoms with Crippen molar-refractivity contribution in [1.82, 2.24) is 0 Å². The minimum Gasteiger partial charge on any atom is -0.457 e. The fourth-order valence-electron chi connectivity index (χ4n) is 0.736. The minimum absolute atomic E-state index is 0.202. The van der Waals surface area contributed by atoms with Gasteiger partial charge >= 0.3 is 5.97 Å². The lowest BCUT2D eigenvalue weighted by molar-refractivity contribution is 0.0358. The molecule has 0 fully saturated rings. The molecule has 0 saturated heterocycles. The molecule has 0 atom stereocenters. The van der Waals surface area contributed by atoms with E-state index in [9.17, 15) is 4.79 Å². The van der Waals surface area contributed by atoms with Crippen molar-refractivity contribution >= 4 is 31.2 Å². The molecule has 0 saturated carbocycles.